The Labute approximate surface area is 159 Å². The van der Waals surface area contributed by atoms with Crippen LogP contribution in [0.15, 0.2) is 48.5 Å². The molecule has 2 aliphatic rings. The number of benzene rings is 2. The van der Waals surface area contributed by atoms with E-state index in [1.807, 2.05) is 48.5 Å². The first-order valence-corrected chi connectivity index (χ1v) is 9.61. The maximum absolute atomic E-state index is 12.9. The minimum atomic E-state index is -0.660. The van der Waals surface area contributed by atoms with E-state index in [1.54, 1.807) is 0 Å². The molecule has 2 atom stereocenters. The summed E-state index contributed by atoms with van der Waals surface area (Å²) in [4.78, 5) is 12.9. The highest BCUT2D eigenvalue weighted by Gasteiger charge is 2.40. The number of hydrogen-bond acceptors (Lipinski definition) is 4. The highest BCUT2D eigenvalue weighted by Crippen LogP contribution is 2.42. The Hall–Kier alpha value is -2.69. The van der Waals surface area contributed by atoms with Gasteiger partial charge in [0, 0.05) is 12.0 Å². The number of carbonyl (C=O) groups excluding carboxylic acids is 1. The number of hydrogen-bond donors (Lipinski definition) is 1. The summed E-state index contributed by atoms with van der Waals surface area (Å²) in [5.74, 6) is 1.97. The quantitative estimate of drug-likeness (QED) is 0.887. The van der Waals surface area contributed by atoms with Crippen molar-refractivity contribution in [3.63, 3.8) is 0 Å². The van der Waals surface area contributed by atoms with Gasteiger partial charge in [0.1, 0.15) is 18.0 Å². The van der Waals surface area contributed by atoms with Crippen molar-refractivity contribution in [3.05, 3.63) is 54.1 Å². The van der Waals surface area contributed by atoms with Gasteiger partial charge >= 0.3 is 0 Å². The molecule has 0 aliphatic carbocycles. The lowest BCUT2D eigenvalue weighted by Gasteiger charge is -2.42. The van der Waals surface area contributed by atoms with E-state index in [0.29, 0.717) is 11.5 Å². The average molecular weight is 367 g/mol. The van der Waals surface area contributed by atoms with Gasteiger partial charge in [0.15, 0.2) is 11.5 Å². The van der Waals surface area contributed by atoms with Crippen molar-refractivity contribution in [2.45, 2.75) is 50.9 Å². The Morgan fingerprint density at radius 3 is 2.44 bits per heavy atom. The lowest BCUT2D eigenvalue weighted by atomic mass is 9.83. The summed E-state index contributed by atoms with van der Waals surface area (Å²) in [5, 5.41) is 3.18. The molecule has 27 heavy (non-hydrogen) atoms. The van der Waals surface area contributed by atoms with Gasteiger partial charge in [-0.3, -0.25) is 4.79 Å². The van der Waals surface area contributed by atoms with Gasteiger partial charge in [-0.2, -0.15) is 0 Å². The van der Waals surface area contributed by atoms with E-state index < -0.39 is 6.10 Å². The van der Waals surface area contributed by atoms with Crippen LogP contribution in [-0.2, 0) is 4.79 Å². The van der Waals surface area contributed by atoms with E-state index in [1.165, 1.54) is 0 Å². The molecule has 0 unspecified atom stereocenters. The minimum Gasteiger partial charge on any atom is -0.487 e. The van der Waals surface area contributed by atoms with Gasteiger partial charge in [-0.15, -0.1) is 0 Å². The van der Waals surface area contributed by atoms with Crippen molar-refractivity contribution in [1.82, 2.24) is 5.32 Å². The van der Waals surface area contributed by atoms with Gasteiger partial charge in [0.05, 0.1) is 6.04 Å². The van der Waals surface area contributed by atoms with Crippen LogP contribution < -0.4 is 19.5 Å². The Morgan fingerprint density at radius 1 is 1.04 bits per heavy atom. The van der Waals surface area contributed by atoms with Crippen LogP contribution in [0, 0.1) is 0 Å². The van der Waals surface area contributed by atoms with Crippen LogP contribution in [0.3, 0.4) is 0 Å². The van der Waals surface area contributed by atoms with Crippen LogP contribution in [0.2, 0.25) is 0 Å². The van der Waals surface area contributed by atoms with Gasteiger partial charge in [0.25, 0.3) is 5.91 Å². The molecule has 0 saturated heterocycles. The summed E-state index contributed by atoms with van der Waals surface area (Å²) in [7, 11) is 0. The Kier molecular flexibility index (Phi) is 4.68. The maximum atomic E-state index is 12.9. The number of fused-ring (bicyclic) bond motifs is 2. The van der Waals surface area contributed by atoms with Crippen LogP contribution in [0.4, 0.5) is 0 Å². The molecule has 1 N–H and O–H groups in total. The molecule has 5 heteroatoms. The second-order valence-electron chi connectivity index (χ2n) is 7.16. The van der Waals surface area contributed by atoms with Gasteiger partial charge in [-0.05, 0) is 31.0 Å². The number of ether oxygens (including phenoxy) is 3. The Bertz CT molecular complexity index is 831. The molecule has 2 aromatic rings. The highest BCUT2D eigenvalue weighted by atomic mass is 16.6. The number of nitrogens with one attached hydrogen (secondary N) is 1. The summed E-state index contributed by atoms with van der Waals surface area (Å²) in [5.41, 5.74) is 0.753. The van der Waals surface area contributed by atoms with Crippen molar-refractivity contribution >= 4 is 5.91 Å². The zero-order valence-electron chi connectivity index (χ0n) is 15.7. The van der Waals surface area contributed by atoms with E-state index in [4.69, 9.17) is 14.2 Å². The summed E-state index contributed by atoms with van der Waals surface area (Å²) >= 11 is 0. The molecule has 0 aromatic heterocycles. The summed E-state index contributed by atoms with van der Waals surface area (Å²) in [6.45, 7) is 4.47. The third-order valence-corrected chi connectivity index (χ3v) is 5.60. The molecule has 0 spiro atoms. The van der Waals surface area contributed by atoms with Gasteiger partial charge in [0.2, 0.25) is 6.10 Å². The fraction of sp³-hybridized carbons (Fsp3) is 0.409. The highest BCUT2D eigenvalue weighted by molar-refractivity contribution is 5.82. The summed E-state index contributed by atoms with van der Waals surface area (Å²) in [6, 6.07) is 15.2. The molecule has 1 amide bonds. The van der Waals surface area contributed by atoms with Crippen LogP contribution in [-0.4, -0.2) is 24.2 Å². The summed E-state index contributed by atoms with van der Waals surface area (Å²) < 4.78 is 17.9. The molecule has 2 aliphatic heterocycles. The molecule has 142 valence electrons. The van der Waals surface area contributed by atoms with Crippen molar-refractivity contribution in [2.24, 2.45) is 0 Å². The Morgan fingerprint density at radius 2 is 1.70 bits per heavy atom. The lowest BCUT2D eigenvalue weighted by molar-refractivity contribution is -0.131. The molecule has 0 radical (unpaired) electrons. The molecule has 2 heterocycles. The third-order valence-electron chi connectivity index (χ3n) is 5.60. The van der Waals surface area contributed by atoms with Crippen molar-refractivity contribution in [1.29, 1.82) is 0 Å². The fourth-order valence-electron chi connectivity index (χ4n) is 3.84. The predicted octanol–water partition coefficient (Wildman–Crippen LogP) is 4.03. The number of rotatable bonds is 4. The van der Waals surface area contributed by atoms with Crippen LogP contribution in [0.1, 0.15) is 44.7 Å². The second kappa shape index (κ2) is 7.14. The molecule has 4 rings (SSSR count). The molecule has 0 saturated carbocycles. The molecular formula is C22H25NO4. The maximum Gasteiger partial charge on any atom is 0.265 e. The monoisotopic (exact) mass is 367 g/mol. The first-order chi connectivity index (χ1) is 13.1. The zero-order valence-corrected chi connectivity index (χ0v) is 15.7. The van der Waals surface area contributed by atoms with E-state index in [9.17, 15) is 4.79 Å². The van der Waals surface area contributed by atoms with E-state index in [0.717, 1.165) is 30.6 Å². The van der Waals surface area contributed by atoms with Crippen molar-refractivity contribution < 1.29 is 19.0 Å². The molecule has 0 bridgehead atoms. The first-order valence-electron chi connectivity index (χ1n) is 9.61. The number of carbonyl (C=O) groups is 1. The summed E-state index contributed by atoms with van der Waals surface area (Å²) in [6.07, 6.45) is 1.86. The van der Waals surface area contributed by atoms with Crippen molar-refractivity contribution in [2.75, 3.05) is 6.61 Å². The molecule has 0 fully saturated rings. The second-order valence-corrected chi connectivity index (χ2v) is 7.16. The standard InChI is InChI=1S/C22H25NO4/c1-3-22(4-2)13-16(15-9-5-6-10-17(15)27-22)23-21(24)20-14-25-18-11-7-8-12-19(18)26-20/h5-12,16,20H,3-4,13-14H2,1-2H3,(H,23,24)/t16-,20-/m1/s1. The third kappa shape index (κ3) is 3.34. The van der Waals surface area contributed by atoms with Gasteiger partial charge < -0.3 is 19.5 Å². The zero-order chi connectivity index (χ0) is 18.9. The Balaban J connectivity index is 1.54. The first kappa shape index (κ1) is 17.7. The number of amides is 1. The van der Waals surface area contributed by atoms with Gasteiger partial charge in [-0.1, -0.05) is 44.2 Å². The SMILES string of the molecule is CCC1(CC)C[C@@H](NC(=O)[C@H]2COc3ccccc3O2)c2ccccc2O1. The number of para-hydroxylation sites is 3. The minimum absolute atomic E-state index is 0.108. The molecule has 5 nitrogen and oxygen atoms in total. The van der Waals surface area contributed by atoms with Crippen molar-refractivity contribution in [3.8, 4) is 17.2 Å². The normalized spacial score (nSPS) is 22.3. The lowest BCUT2D eigenvalue weighted by Crippen LogP contribution is -2.49. The average Bonchev–Trinajstić information content (AvgIpc) is 2.73. The fourth-order valence-corrected chi connectivity index (χ4v) is 3.84. The van der Waals surface area contributed by atoms with Gasteiger partial charge in [-0.25, -0.2) is 0 Å². The van der Waals surface area contributed by atoms with E-state index in [2.05, 4.69) is 19.2 Å². The largest absolute Gasteiger partial charge is 0.487 e. The topological polar surface area (TPSA) is 56.8 Å². The predicted molar refractivity (Wildman–Crippen MR) is 102 cm³/mol. The van der Waals surface area contributed by atoms with E-state index in [-0.39, 0.29) is 24.2 Å². The molecule has 2 aromatic carbocycles. The van der Waals surface area contributed by atoms with Crippen LogP contribution in [0.25, 0.3) is 0 Å². The van der Waals surface area contributed by atoms with E-state index >= 15 is 0 Å². The smallest absolute Gasteiger partial charge is 0.265 e. The molecular weight excluding hydrogens is 342 g/mol. The van der Waals surface area contributed by atoms with Crippen LogP contribution in [0.5, 0.6) is 17.2 Å². The van der Waals surface area contributed by atoms with Crippen LogP contribution >= 0.6 is 0 Å².